The third-order valence-corrected chi connectivity index (χ3v) is 2.23. The molecule has 15 heavy (non-hydrogen) atoms. The minimum atomic E-state index is 0.852. The van der Waals surface area contributed by atoms with Crippen molar-refractivity contribution in [3.8, 4) is 5.69 Å². The lowest BCUT2D eigenvalue weighted by atomic mass is 10.4. The van der Waals surface area contributed by atoms with Crippen LogP contribution in [0.4, 0.5) is 0 Å². The first kappa shape index (κ1) is 8.11. The number of hydrogen-bond acceptors (Lipinski definition) is 3. The van der Waals surface area contributed by atoms with Crippen molar-refractivity contribution < 1.29 is 0 Å². The van der Waals surface area contributed by atoms with Crippen molar-refractivity contribution in [2.45, 2.75) is 0 Å². The summed E-state index contributed by atoms with van der Waals surface area (Å²) in [6.45, 7) is 0. The lowest BCUT2D eigenvalue weighted by Crippen LogP contribution is -1.93. The van der Waals surface area contributed by atoms with Crippen LogP contribution in [0.5, 0.6) is 0 Å². The van der Waals surface area contributed by atoms with E-state index in [1.807, 2.05) is 28.8 Å². The van der Waals surface area contributed by atoms with Gasteiger partial charge < -0.3 is 0 Å². The van der Waals surface area contributed by atoms with Gasteiger partial charge in [-0.3, -0.25) is 9.55 Å². The van der Waals surface area contributed by atoms with Crippen LogP contribution in [-0.4, -0.2) is 19.5 Å². The van der Waals surface area contributed by atoms with E-state index in [1.54, 1.807) is 24.9 Å². The Labute approximate surface area is 86.2 Å². The number of imidazole rings is 1. The van der Waals surface area contributed by atoms with E-state index in [-0.39, 0.29) is 0 Å². The summed E-state index contributed by atoms with van der Waals surface area (Å²) in [5.74, 6) is 0. The molecule has 4 nitrogen and oxygen atoms in total. The fraction of sp³-hybridized carbons (Fsp3) is 0. The maximum atomic E-state index is 4.29. The Morgan fingerprint density at radius 1 is 1.00 bits per heavy atom. The highest BCUT2D eigenvalue weighted by atomic mass is 15.1. The standard InChI is InChI=1S/C11H8N4/c1-3-9(7-12-5-1)15-8-14-10-4-2-6-13-11(10)15/h1-8H. The molecule has 3 aromatic heterocycles. The van der Waals surface area contributed by atoms with Crippen LogP contribution in [0.2, 0.25) is 0 Å². The smallest absolute Gasteiger partial charge is 0.164 e. The van der Waals surface area contributed by atoms with E-state index in [4.69, 9.17) is 0 Å². The molecule has 0 radical (unpaired) electrons. The van der Waals surface area contributed by atoms with E-state index in [0.717, 1.165) is 16.9 Å². The van der Waals surface area contributed by atoms with Crippen molar-refractivity contribution in [2.24, 2.45) is 0 Å². The summed E-state index contributed by atoms with van der Waals surface area (Å²) in [6.07, 6.45) is 7.05. The molecular weight excluding hydrogens is 188 g/mol. The number of nitrogens with zero attached hydrogens (tertiary/aromatic N) is 4. The van der Waals surface area contributed by atoms with Gasteiger partial charge in [0.15, 0.2) is 5.65 Å². The molecule has 3 rings (SSSR count). The SMILES string of the molecule is c1cncc(-n2cnc3cccnc32)c1. The average Bonchev–Trinajstić information content (AvgIpc) is 2.74. The van der Waals surface area contributed by atoms with Crippen molar-refractivity contribution in [3.05, 3.63) is 49.2 Å². The number of aromatic nitrogens is 4. The van der Waals surface area contributed by atoms with Gasteiger partial charge in [0.25, 0.3) is 0 Å². The lowest BCUT2D eigenvalue weighted by molar-refractivity contribution is 1.05. The summed E-state index contributed by atoms with van der Waals surface area (Å²) in [5, 5.41) is 0. The summed E-state index contributed by atoms with van der Waals surface area (Å²) in [4.78, 5) is 12.6. The molecule has 0 N–H and O–H groups in total. The Kier molecular flexibility index (Phi) is 1.71. The number of rotatable bonds is 1. The van der Waals surface area contributed by atoms with Crippen LogP contribution < -0.4 is 0 Å². The summed E-state index contributed by atoms with van der Waals surface area (Å²) in [6, 6.07) is 7.69. The molecule has 0 saturated heterocycles. The fourth-order valence-electron chi connectivity index (χ4n) is 1.53. The molecule has 0 aliphatic carbocycles. The quantitative estimate of drug-likeness (QED) is 0.596. The Bertz CT molecular complexity index is 586. The lowest BCUT2D eigenvalue weighted by Gasteiger charge is -2.00. The van der Waals surface area contributed by atoms with Gasteiger partial charge in [0.2, 0.25) is 0 Å². The normalized spacial score (nSPS) is 10.7. The molecule has 0 amide bonds. The van der Waals surface area contributed by atoms with Crippen molar-refractivity contribution >= 4 is 11.2 Å². The third-order valence-electron chi connectivity index (χ3n) is 2.23. The maximum absolute atomic E-state index is 4.29. The van der Waals surface area contributed by atoms with Gasteiger partial charge in [-0.05, 0) is 24.3 Å². The van der Waals surface area contributed by atoms with Crippen LogP contribution >= 0.6 is 0 Å². The Balaban J connectivity index is 2.28. The van der Waals surface area contributed by atoms with E-state index in [1.165, 1.54) is 0 Å². The van der Waals surface area contributed by atoms with Gasteiger partial charge in [-0.1, -0.05) is 0 Å². The first-order chi connectivity index (χ1) is 7.45. The number of pyridine rings is 2. The molecule has 0 saturated carbocycles. The molecule has 3 heterocycles. The first-order valence-corrected chi connectivity index (χ1v) is 4.63. The average molecular weight is 196 g/mol. The number of fused-ring (bicyclic) bond motifs is 1. The van der Waals surface area contributed by atoms with Crippen LogP contribution in [0.1, 0.15) is 0 Å². The fourth-order valence-corrected chi connectivity index (χ4v) is 1.53. The first-order valence-electron chi connectivity index (χ1n) is 4.63. The molecule has 3 aromatic rings. The second-order valence-corrected chi connectivity index (χ2v) is 3.17. The summed E-state index contributed by atoms with van der Waals surface area (Å²) in [5.41, 5.74) is 2.71. The second kappa shape index (κ2) is 3.16. The topological polar surface area (TPSA) is 43.6 Å². The Morgan fingerprint density at radius 2 is 1.93 bits per heavy atom. The van der Waals surface area contributed by atoms with Gasteiger partial charge >= 0.3 is 0 Å². The van der Waals surface area contributed by atoms with Crippen LogP contribution in [0.15, 0.2) is 49.2 Å². The predicted molar refractivity (Wildman–Crippen MR) is 56.7 cm³/mol. The van der Waals surface area contributed by atoms with Gasteiger partial charge in [0, 0.05) is 12.4 Å². The van der Waals surface area contributed by atoms with Crippen LogP contribution in [0.3, 0.4) is 0 Å². The monoisotopic (exact) mass is 196 g/mol. The Hall–Kier alpha value is -2.23. The molecule has 0 atom stereocenters. The Morgan fingerprint density at radius 3 is 2.80 bits per heavy atom. The molecule has 72 valence electrons. The zero-order valence-corrected chi connectivity index (χ0v) is 7.91. The molecule has 0 aliphatic rings. The van der Waals surface area contributed by atoms with E-state index < -0.39 is 0 Å². The minimum Gasteiger partial charge on any atom is -0.282 e. The highest BCUT2D eigenvalue weighted by Crippen LogP contribution is 2.13. The summed E-state index contributed by atoms with van der Waals surface area (Å²) in [7, 11) is 0. The molecule has 0 spiro atoms. The van der Waals surface area contributed by atoms with Crippen molar-refractivity contribution in [1.82, 2.24) is 19.5 Å². The van der Waals surface area contributed by atoms with E-state index in [2.05, 4.69) is 15.0 Å². The van der Waals surface area contributed by atoms with Gasteiger partial charge in [-0.25, -0.2) is 9.97 Å². The van der Waals surface area contributed by atoms with Crippen LogP contribution in [-0.2, 0) is 0 Å². The summed E-state index contributed by atoms with van der Waals surface area (Å²) < 4.78 is 1.92. The van der Waals surface area contributed by atoms with Gasteiger partial charge in [0.1, 0.15) is 11.8 Å². The highest BCUT2D eigenvalue weighted by Gasteiger charge is 2.03. The summed E-state index contributed by atoms with van der Waals surface area (Å²) >= 11 is 0. The van der Waals surface area contributed by atoms with Crippen molar-refractivity contribution in [1.29, 1.82) is 0 Å². The van der Waals surface area contributed by atoms with Gasteiger partial charge in [0.05, 0.1) is 11.9 Å². The number of hydrogen-bond donors (Lipinski definition) is 0. The van der Waals surface area contributed by atoms with Crippen LogP contribution in [0.25, 0.3) is 16.9 Å². The van der Waals surface area contributed by atoms with E-state index in [0.29, 0.717) is 0 Å². The largest absolute Gasteiger partial charge is 0.282 e. The van der Waals surface area contributed by atoms with Gasteiger partial charge in [-0.2, -0.15) is 0 Å². The van der Waals surface area contributed by atoms with E-state index in [9.17, 15) is 0 Å². The molecule has 0 fully saturated rings. The maximum Gasteiger partial charge on any atom is 0.164 e. The molecular formula is C11H8N4. The molecule has 0 bridgehead atoms. The predicted octanol–water partition coefficient (Wildman–Crippen LogP) is 1.82. The minimum absolute atomic E-state index is 0.852. The highest BCUT2D eigenvalue weighted by molar-refractivity contribution is 5.72. The zero-order chi connectivity index (χ0) is 10.1. The van der Waals surface area contributed by atoms with E-state index >= 15 is 0 Å². The third kappa shape index (κ3) is 1.27. The molecule has 0 unspecified atom stereocenters. The van der Waals surface area contributed by atoms with Crippen molar-refractivity contribution in [3.63, 3.8) is 0 Å². The second-order valence-electron chi connectivity index (χ2n) is 3.17. The molecule has 0 aromatic carbocycles. The van der Waals surface area contributed by atoms with Crippen molar-refractivity contribution in [2.75, 3.05) is 0 Å². The molecule has 4 heteroatoms. The molecule has 0 aliphatic heterocycles. The van der Waals surface area contributed by atoms with Gasteiger partial charge in [-0.15, -0.1) is 0 Å². The van der Waals surface area contributed by atoms with Crippen LogP contribution in [0, 0.1) is 0 Å². The zero-order valence-electron chi connectivity index (χ0n) is 7.91.